The molecule has 1 fully saturated rings. The van der Waals surface area contributed by atoms with Gasteiger partial charge in [0.15, 0.2) is 0 Å². The first-order valence-electron chi connectivity index (χ1n) is 7.04. The monoisotopic (exact) mass is 249 g/mol. The molecule has 4 atom stereocenters. The molecule has 1 aromatic rings. The van der Waals surface area contributed by atoms with Crippen LogP contribution in [0.3, 0.4) is 0 Å². The van der Waals surface area contributed by atoms with Crippen LogP contribution in [0.2, 0.25) is 0 Å². The Morgan fingerprint density at radius 3 is 2.33 bits per heavy atom. The molecule has 0 bridgehead atoms. The Hall–Kier alpha value is -0.890. The first kappa shape index (κ1) is 13.5. The van der Waals surface area contributed by atoms with E-state index in [4.69, 9.17) is 0 Å². The fourth-order valence-electron chi connectivity index (χ4n) is 3.24. The molecule has 0 aromatic heterocycles. The van der Waals surface area contributed by atoms with Gasteiger partial charge in [0, 0.05) is 6.04 Å². The van der Waals surface area contributed by atoms with Gasteiger partial charge in [-0.25, -0.2) is 4.39 Å². The third kappa shape index (κ3) is 2.92. The van der Waals surface area contributed by atoms with Gasteiger partial charge in [-0.2, -0.15) is 0 Å². The van der Waals surface area contributed by atoms with Crippen molar-refractivity contribution in [2.75, 3.05) is 7.05 Å². The van der Waals surface area contributed by atoms with Crippen LogP contribution in [0.15, 0.2) is 24.3 Å². The van der Waals surface area contributed by atoms with E-state index in [0.29, 0.717) is 12.0 Å². The van der Waals surface area contributed by atoms with E-state index in [-0.39, 0.29) is 5.82 Å². The number of rotatable bonds is 3. The van der Waals surface area contributed by atoms with Crippen LogP contribution in [-0.4, -0.2) is 7.05 Å². The van der Waals surface area contributed by atoms with Gasteiger partial charge in [-0.3, -0.25) is 0 Å². The molecule has 0 saturated heterocycles. The van der Waals surface area contributed by atoms with Crippen molar-refractivity contribution in [2.24, 2.45) is 17.8 Å². The molecule has 2 rings (SSSR count). The Morgan fingerprint density at radius 1 is 1.11 bits per heavy atom. The predicted octanol–water partition coefficient (Wildman–Crippen LogP) is 4.16. The van der Waals surface area contributed by atoms with E-state index in [0.717, 1.165) is 11.8 Å². The Kier molecular flexibility index (Phi) is 4.39. The Balaban J connectivity index is 2.11. The van der Waals surface area contributed by atoms with E-state index in [1.54, 1.807) is 12.1 Å². The molecule has 18 heavy (non-hydrogen) atoms. The fraction of sp³-hybridized carbons (Fsp3) is 0.625. The number of halogens is 1. The smallest absolute Gasteiger partial charge is 0.123 e. The van der Waals surface area contributed by atoms with Gasteiger partial charge in [-0.15, -0.1) is 0 Å². The lowest BCUT2D eigenvalue weighted by molar-refractivity contribution is 0.174. The van der Waals surface area contributed by atoms with E-state index in [1.807, 2.05) is 19.2 Å². The quantitative estimate of drug-likeness (QED) is 0.848. The lowest BCUT2D eigenvalue weighted by Gasteiger charge is -2.36. The van der Waals surface area contributed by atoms with Crippen LogP contribution >= 0.6 is 0 Å². The molecule has 100 valence electrons. The van der Waals surface area contributed by atoms with Gasteiger partial charge in [0.05, 0.1) is 0 Å². The van der Waals surface area contributed by atoms with Crippen molar-refractivity contribution in [2.45, 2.75) is 39.2 Å². The normalized spacial score (nSPS) is 30.1. The van der Waals surface area contributed by atoms with E-state index in [9.17, 15) is 4.39 Å². The zero-order valence-electron chi connectivity index (χ0n) is 11.6. The summed E-state index contributed by atoms with van der Waals surface area (Å²) >= 11 is 0. The summed E-state index contributed by atoms with van der Waals surface area (Å²) in [6.45, 7) is 4.71. The zero-order valence-corrected chi connectivity index (χ0v) is 11.6. The van der Waals surface area contributed by atoms with Crippen LogP contribution in [0.25, 0.3) is 0 Å². The molecule has 2 heteroatoms. The van der Waals surface area contributed by atoms with Crippen molar-refractivity contribution in [3.63, 3.8) is 0 Å². The Bertz CT molecular complexity index is 373. The van der Waals surface area contributed by atoms with Crippen LogP contribution < -0.4 is 5.32 Å². The third-order valence-corrected chi connectivity index (χ3v) is 4.65. The highest BCUT2D eigenvalue weighted by molar-refractivity contribution is 5.20. The highest BCUT2D eigenvalue weighted by Crippen LogP contribution is 2.39. The minimum absolute atomic E-state index is 0.153. The first-order valence-corrected chi connectivity index (χ1v) is 7.04. The molecular weight excluding hydrogens is 225 g/mol. The van der Waals surface area contributed by atoms with Gasteiger partial charge in [0.2, 0.25) is 0 Å². The van der Waals surface area contributed by atoms with Crippen LogP contribution in [0.4, 0.5) is 4.39 Å². The van der Waals surface area contributed by atoms with Gasteiger partial charge in [-0.05, 0) is 55.3 Å². The summed E-state index contributed by atoms with van der Waals surface area (Å²) in [4.78, 5) is 0. The maximum absolute atomic E-state index is 13.0. The molecule has 1 aliphatic carbocycles. The van der Waals surface area contributed by atoms with Crippen molar-refractivity contribution >= 4 is 0 Å². The average molecular weight is 249 g/mol. The number of hydrogen-bond donors (Lipinski definition) is 1. The Labute approximate surface area is 110 Å². The molecular formula is C16H24FN. The molecule has 4 unspecified atom stereocenters. The number of benzene rings is 1. The molecule has 0 heterocycles. The molecule has 1 saturated carbocycles. The van der Waals surface area contributed by atoms with Gasteiger partial charge >= 0.3 is 0 Å². The van der Waals surface area contributed by atoms with Crippen molar-refractivity contribution in [3.05, 3.63) is 35.6 Å². The van der Waals surface area contributed by atoms with E-state index < -0.39 is 0 Å². The molecule has 0 radical (unpaired) electrons. The molecule has 1 N–H and O–H groups in total. The van der Waals surface area contributed by atoms with Gasteiger partial charge in [0.1, 0.15) is 5.82 Å². The van der Waals surface area contributed by atoms with E-state index in [1.165, 1.54) is 24.8 Å². The van der Waals surface area contributed by atoms with Crippen LogP contribution in [0.5, 0.6) is 0 Å². The lowest BCUT2D eigenvalue weighted by atomic mass is 9.72. The molecule has 0 spiro atoms. The molecule has 0 aliphatic heterocycles. The minimum Gasteiger partial charge on any atom is -0.313 e. The largest absolute Gasteiger partial charge is 0.313 e. The van der Waals surface area contributed by atoms with Crippen LogP contribution in [0.1, 0.15) is 44.7 Å². The van der Waals surface area contributed by atoms with Crippen LogP contribution in [0, 0.1) is 23.6 Å². The van der Waals surface area contributed by atoms with Crippen molar-refractivity contribution in [3.8, 4) is 0 Å². The van der Waals surface area contributed by atoms with Crippen LogP contribution in [-0.2, 0) is 0 Å². The highest BCUT2D eigenvalue weighted by atomic mass is 19.1. The van der Waals surface area contributed by atoms with E-state index in [2.05, 4.69) is 19.2 Å². The summed E-state index contributed by atoms with van der Waals surface area (Å²) in [5, 5.41) is 3.42. The maximum atomic E-state index is 13.0. The van der Waals surface area contributed by atoms with Crippen molar-refractivity contribution in [1.82, 2.24) is 5.32 Å². The Morgan fingerprint density at radius 2 is 1.78 bits per heavy atom. The topological polar surface area (TPSA) is 12.0 Å². The second kappa shape index (κ2) is 5.83. The van der Waals surface area contributed by atoms with E-state index >= 15 is 0 Å². The fourth-order valence-corrected chi connectivity index (χ4v) is 3.24. The van der Waals surface area contributed by atoms with Gasteiger partial charge < -0.3 is 5.32 Å². The summed E-state index contributed by atoms with van der Waals surface area (Å²) < 4.78 is 13.0. The minimum atomic E-state index is -0.153. The van der Waals surface area contributed by atoms with Gasteiger partial charge in [-0.1, -0.05) is 32.4 Å². The zero-order chi connectivity index (χ0) is 13.1. The summed E-state index contributed by atoms with van der Waals surface area (Å²) in [5.74, 6) is 2.15. The summed E-state index contributed by atoms with van der Waals surface area (Å²) in [7, 11) is 2.01. The first-order chi connectivity index (χ1) is 8.61. The number of hydrogen-bond acceptors (Lipinski definition) is 1. The summed E-state index contributed by atoms with van der Waals surface area (Å²) in [6, 6.07) is 7.32. The maximum Gasteiger partial charge on any atom is 0.123 e. The van der Waals surface area contributed by atoms with Gasteiger partial charge in [0.25, 0.3) is 0 Å². The third-order valence-electron chi connectivity index (χ3n) is 4.65. The SMILES string of the molecule is CNC(c1ccc(F)cc1)C1CCC(C)C(C)C1. The summed E-state index contributed by atoms with van der Waals surface area (Å²) in [5.41, 5.74) is 1.21. The number of nitrogens with one attached hydrogen (secondary N) is 1. The molecule has 1 aromatic carbocycles. The summed E-state index contributed by atoms with van der Waals surface area (Å²) in [6.07, 6.45) is 3.85. The second-order valence-corrected chi connectivity index (χ2v) is 5.85. The second-order valence-electron chi connectivity index (χ2n) is 5.85. The molecule has 1 nitrogen and oxygen atoms in total. The highest BCUT2D eigenvalue weighted by Gasteiger charge is 2.30. The van der Waals surface area contributed by atoms with Crippen molar-refractivity contribution in [1.29, 1.82) is 0 Å². The standard InChI is InChI=1S/C16H24FN/c1-11-4-5-14(10-12(11)2)16(18-3)13-6-8-15(17)9-7-13/h6-9,11-12,14,16,18H,4-5,10H2,1-3H3. The predicted molar refractivity (Wildman–Crippen MR) is 73.9 cm³/mol. The van der Waals surface area contributed by atoms with Crippen molar-refractivity contribution < 1.29 is 4.39 Å². The lowest BCUT2D eigenvalue weighted by Crippen LogP contribution is -2.31. The average Bonchev–Trinajstić information content (AvgIpc) is 2.37. The molecule has 1 aliphatic rings. The molecule has 0 amide bonds.